The third-order valence-electron chi connectivity index (χ3n) is 3.43. The van der Waals surface area contributed by atoms with Crippen LogP contribution in [0.3, 0.4) is 0 Å². The molecule has 5 heteroatoms. The second-order valence-corrected chi connectivity index (χ2v) is 4.62. The molecular weight excluding hydrogens is 230 g/mol. The second kappa shape index (κ2) is 5.82. The molecule has 2 rings (SSSR count). The lowest BCUT2D eigenvalue weighted by Crippen LogP contribution is -2.42. The van der Waals surface area contributed by atoms with Gasteiger partial charge in [-0.15, -0.1) is 0 Å². The van der Waals surface area contributed by atoms with Gasteiger partial charge in [0.15, 0.2) is 0 Å². The van der Waals surface area contributed by atoms with Crippen molar-refractivity contribution >= 4 is 5.91 Å². The summed E-state index contributed by atoms with van der Waals surface area (Å²) in [7, 11) is 0. The van der Waals surface area contributed by atoms with Crippen LogP contribution in [0.25, 0.3) is 0 Å². The van der Waals surface area contributed by atoms with Crippen LogP contribution < -0.4 is 5.73 Å². The smallest absolute Gasteiger partial charge is 0.258 e. The minimum Gasteiger partial charge on any atom is -0.505 e. The Morgan fingerprint density at radius 2 is 2.22 bits per heavy atom. The summed E-state index contributed by atoms with van der Waals surface area (Å²) in [4.78, 5) is 18.0. The van der Waals surface area contributed by atoms with Crippen LogP contribution in [-0.4, -0.2) is 40.0 Å². The number of aromatic nitrogens is 1. The molecule has 0 saturated heterocycles. The summed E-state index contributed by atoms with van der Waals surface area (Å²) in [6.07, 6.45) is 7.17. The lowest BCUT2D eigenvalue weighted by atomic mass is 10.1. The SMILES string of the molecule is NCCN(C(=O)c1ccncc1O)C1CCCC1. The predicted molar refractivity (Wildman–Crippen MR) is 68.2 cm³/mol. The summed E-state index contributed by atoms with van der Waals surface area (Å²) in [5.74, 6) is -0.213. The number of carbonyl (C=O) groups is 1. The van der Waals surface area contributed by atoms with Gasteiger partial charge in [0.1, 0.15) is 5.75 Å². The number of pyridine rings is 1. The number of rotatable bonds is 4. The minimum atomic E-state index is -0.146. The van der Waals surface area contributed by atoms with E-state index in [0.717, 1.165) is 25.7 Å². The number of hydrogen-bond donors (Lipinski definition) is 2. The molecule has 1 aromatic heterocycles. The monoisotopic (exact) mass is 249 g/mol. The van der Waals surface area contributed by atoms with E-state index in [0.29, 0.717) is 18.7 Å². The summed E-state index contributed by atoms with van der Waals surface area (Å²) in [6.45, 7) is 0.972. The zero-order chi connectivity index (χ0) is 13.0. The van der Waals surface area contributed by atoms with E-state index in [1.165, 1.54) is 12.4 Å². The molecule has 0 aromatic carbocycles. The van der Waals surface area contributed by atoms with Gasteiger partial charge < -0.3 is 15.7 Å². The van der Waals surface area contributed by atoms with Gasteiger partial charge in [-0.2, -0.15) is 0 Å². The highest BCUT2D eigenvalue weighted by Crippen LogP contribution is 2.26. The van der Waals surface area contributed by atoms with Crippen LogP contribution in [0.2, 0.25) is 0 Å². The van der Waals surface area contributed by atoms with Gasteiger partial charge in [-0.05, 0) is 18.9 Å². The van der Waals surface area contributed by atoms with E-state index < -0.39 is 0 Å². The van der Waals surface area contributed by atoms with Gasteiger partial charge >= 0.3 is 0 Å². The third kappa shape index (κ3) is 2.61. The van der Waals surface area contributed by atoms with Crippen molar-refractivity contribution in [2.45, 2.75) is 31.7 Å². The Hall–Kier alpha value is -1.62. The van der Waals surface area contributed by atoms with Crippen molar-refractivity contribution in [3.63, 3.8) is 0 Å². The highest BCUT2D eigenvalue weighted by Gasteiger charge is 2.28. The van der Waals surface area contributed by atoms with E-state index in [1.807, 2.05) is 0 Å². The molecule has 0 unspecified atom stereocenters. The Bertz CT molecular complexity index is 416. The summed E-state index contributed by atoms with van der Waals surface area (Å²) in [5, 5.41) is 9.70. The van der Waals surface area contributed by atoms with E-state index >= 15 is 0 Å². The number of nitrogens with zero attached hydrogens (tertiary/aromatic N) is 2. The number of amides is 1. The fourth-order valence-electron chi connectivity index (χ4n) is 2.53. The van der Waals surface area contributed by atoms with Gasteiger partial charge in [0.2, 0.25) is 0 Å². The molecule has 0 aliphatic heterocycles. The van der Waals surface area contributed by atoms with Gasteiger partial charge in [0, 0.05) is 25.3 Å². The van der Waals surface area contributed by atoms with Gasteiger partial charge in [-0.1, -0.05) is 12.8 Å². The van der Waals surface area contributed by atoms with Crippen molar-refractivity contribution in [2.24, 2.45) is 5.73 Å². The first kappa shape index (κ1) is 12.8. The van der Waals surface area contributed by atoms with Crippen molar-refractivity contribution in [1.82, 2.24) is 9.88 Å². The molecule has 1 aliphatic carbocycles. The molecule has 3 N–H and O–H groups in total. The molecule has 1 aliphatic rings. The topological polar surface area (TPSA) is 79.5 Å². The fourth-order valence-corrected chi connectivity index (χ4v) is 2.53. The molecule has 1 aromatic rings. The lowest BCUT2D eigenvalue weighted by molar-refractivity contribution is 0.0685. The van der Waals surface area contributed by atoms with Crippen LogP contribution in [0.1, 0.15) is 36.0 Å². The molecule has 5 nitrogen and oxygen atoms in total. The Kier molecular flexibility index (Phi) is 4.15. The van der Waals surface area contributed by atoms with Crippen LogP contribution >= 0.6 is 0 Å². The largest absolute Gasteiger partial charge is 0.505 e. The summed E-state index contributed by atoms with van der Waals surface area (Å²) in [6, 6.07) is 1.81. The van der Waals surface area contributed by atoms with E-state index in [-0.39, 0.29) is 17.7 Å². The molecule has 1 heterocycles. The first-order chi connectivity index (χ1) is 8.74. The fraction of sp³-hybridized carbons (Fsp3) is 0.538. The van der Waals surface area contributed by atoms with Gasteiger partial charge in [0.25, 0.3) is 5.91 Å². The molecule has 1 amide bonds. The Morgan fingerprint density at radius 3 is 2.83 bits per heavy atom. The summed E-state index contributed by atoms with van der Waals surface area (Å²) in [5.41, 5.74) is 5.89. The maximum atomic E-state index is 12.4. The van der Waals surface area contributed by atoms with Crippen LogP contribution in [0.4, 0.5) is 0 Å². The zero-order valence-electron chi connectivity index (χ0n) is 10.4. The first-order valence-corrected chi connectivity index (χ1v) is 6.38. The second-order valence-electron chi connectivity index (χ2n) is 4.62. The van der Waals surface area contributed by atoms with Crippen LogP contribution in [0, 0.1) is 0 Å². The quantitative estimate of drug-likeness (QED) is 0.838. The van der Waals surface area contributed by atoms with Crippen LogP contribution in [0.5, 0.6) is 5.75 Å². The van der Waals surface area contributed by atoms with Crippen molar-refractivity contribution in [3.05, 3.63) is 24.0 Å². The van der Waals surface area contributed by atoms with Gasteiger partial charge in [-0.25, -0.2) is 0 Å². The summed E-state index contributed by atoms with van der Waals surface area (Å²) >= 11 is 0. The van der Waals surface area contributed by atoms with Crippen molar-refractivity contribution < 1.29 is 9.90 Å². The zero-order valence-corrected chi connectivity index (χ0v) is 10.4. The van der Waals surface area contributed by atoms with Crippen LogP contribution in [-0.2, 0) is 0 Å². The number of nitrogens with two attached hydrogens (primary N) is 1. The van der Waals surface area contributed by atoms with E-state index in [4.69, 9.17) is 5.73 Å². The standard InChI is InChI=1S/C13H19N3O2/c14-6-8-16(10-3-1-2-4-10)13(18)11-5-7-15-9-12(11)17/h5,7,9-10,17H,1-4,6,8,14H2. The van der Waals surface area contributed by atoms with Crippen molar-refractivity contribution in [1.29, 1.82) is 0 Å². The highest BCUT2D eigenvalue weighted by molar-refractivity contribution is 5.96. The van der Waals surface area contributed by atoms with E-state index in [2.05, 4.69) is 4.98 Å². The molecule has 0 atom stereocenters. The van der Waals surface area contributed by atoms with E-state index in [9.17, 15) is 9.90 Å². The molecule has 0 spiro atoms. The Morgan fingerprint density at radius 1 is 1.50 bits per heavy atom. The molecule has 98 valence electrons. The molecular formula is C13H19N3O2. The number of aromatic hydroxyl groups is 1. The van der Waals surface area contributed by atoms with Crippen molar-refractivity contribution in [2.75, 3.05) is 13.1 Å². The Balaban J connectivity index is 2.20. The van der Waals surface area contributed by atoms with Gasteiger partial charge in [-0.3, -0.25) is 9.78 Å². The minimum absolute atomic E-state index is 0.0671. The first-order valence-electron chi connectivity index (χ1n) is 6.38. The highest BCUT2D eigenvalue weighted by atomic mass is 16.3. The van der Waals surface area contributed by atoms with E-state index in [1.54, 1.807) is 11.0 Å². The third-order valence-corrected chi connectivity index (χ3v) is 3.43. The lowest BCUT2D eigenvalue weighted by Gasteiger charge is -2.28. The Labute approximate surface area is 107 Å². The average molecular weight is 249 g/mol. The maximum Gasteiger partial charge on any atom is 0.258 e. The van der Waals surface area contributed by atoms with Crippen molar-refractivity contribution in [3.8, 4) is 5.75 Å². The number of carbonyl (C=O) groups excluding carboxylic acids is 1. The van der Waals surface area contributed by atoms with Crippen LogP contribution in [0.15, 0.2) is 18.5 Å². The maximum absolute atomic E-state index is 12.4. The predicted octanol–water partition coefficient (Wildman–Crippen LogP) is 1.13. The molecule has 1 fully saturated rings. The molecule has 1 saturated carbocycles. The molecule has 0 bridgehead atoms. The normalized spacial score (nSPS) is 15.8. The average Bonchev–Trinajstić information content (AvgIpc) is 2.89. The summed E-state index contributed by atoms with van der Waals surface area (Å²) < 4.78 is 0. The molecule has 18 heavy (non-hydrogen) atoms. The molecule has 0 radical (unpaired) electrons. The number of hydrogen-bond acceptors (Lipinski definition) is 4. The van der Waals surface area contributed by atoms with Gasteiger partial charge in [0.05, 0.1) is 11.8 Å².